The number of hydrogen-bond donors (Lipinski definition) is 1. The first-order chi connectivity index (χ1) is 9.72. The van der Waals surface area contributed by atoms with Crippen LogP contribution in [0.4, 0.5) is 0 Å². The predicted octanol–water partition coefficient (Wildman–Crippen LogP) is 1.13. The first-order valence-electron chi connectivity index (χ1n) is 7.09. The van der Waals surface area contributed by atoms with Crippen molar-refractivity contribution in [1.29, 1.82) is 0 Å². The zero-order chi connectivity index (χ0) is 13.9. The van der Waals surface area contributed by atoms with Gasteiger partial charge in [0.05, 0.1) is 18.8 Å². The van der Waals surface area contributed by atoms with Crippen LogP contribution in [0.15, 0.2) is 24.3 Å². The second kappa shape index (κ2) is 5.89. The highest BCUT2D eigenvalue weighted by Crippen LogP contribution is 2.13. The van der Waals surface area contributed by atoms with E-state index in [1.165, 1.54) is 25.9 Å². The summed E-state index contributed by atoms with van der Waals surface area (Å²) in [4.78, 5) is 1.56. The Labute approximate surface area is 123 Å². The number of halogens is 1. The Balaban J connectivity index is 1.78. The molecule has 0 radical (unpaired) electrons. The van der Waals surface area contributed by atoms with Gasteiger partial charge < -0.3 is 4.90 Å². The van der Waals surface area contributed by atoms with Crippen LogP contribution in [-0.2, 0) is 6.54 Å². The number of tetrazole rings is 1. The van der Waals surface area contributed by atoms with Gasteiger partial charge >= 0.3 is 0 Å². The lowest BCUT2D eigenvalue weighted by atomic mass is 10.0. The average molecular weight is 293 g/mol. The molecule has 1 aromatic heterocycles. The van der Waals surface area contributed by atoms with Crippen LogP contribution in [0, 0.1) is 5.92 Å². The molecule has 1 aromatic carbocycles. The van der Waals surface area contributed by atoms with Gasteiger partial charge in [0.1, 0.15) is 6.54 Å². The summed E-state index contributed by atoms with van der Waals surface area (Å²) < 4.78 is 1.81. The Hall–Kier alpha value is -1.46. The topological polar surface area (TPSA) is 48.0 Å². The molecule has 1 fully saturated rings. The van der Waals surface area contributed by atoms with Crippen LogP contribution in [0.25, 0.3) is 5.69 Å². The monoisotopic (exact) mass is 292 g/mol. The van der Waals surface area contributed by atoms with Crippen LogP contribution in [0.3, 0.4) is 0 Å². The molecule has 106 valence electrons. The zero-order valence-electron chi connectivity index (χ0n) is 11.6. The minimum Gasteiger partial charge on any atom is -0.328 e. The van der Waals surface area contributed by atoms with Crippen molar-refractivity contribution in [2.45, 2.75) is 26.3 Å². The van der Waals surface area contributed by atoms with Crippen LogP contribution in [0.2, 0.25) is 5.02 Å². The van der Waals surface area contributed by atoms with Gasteiger partial charge in [-0.1, -0.05) is 18.5 Å². The molecule has 1 aliphatic rings. The van der Waals surface area contributed by atoms with E-state index in [-0.39, 0.29) is 0 Å². The van der Waals surface area contributed by atoms with E-state index in [0.29, 0.717) is 0 Å². The van der Waals surface area contributed by atoms with Crippen molar-refractivity contribution in [3.63, 3.8) is 0 Å². The summed E-state index contributed by atoms with van der Waals surface area (Å²) in [5.41, 5.74) is 0.957. The highest BCUT2D eigenvalue weighted by molar-refractivity contribution is 6.30. The quantitative estimate of drug-likeness (QED) is 0.923. The van der Waals surface area contributed by atoms with E-state index < -0.39 is 0 Å². The second-order valence-electron chi connectivity index (χ2n) is 5.61. The van der Waals surface area contributed by atoms with E-state index in [9.17, 15) is 0 Å². The number of rotatable bonds is 3. The third kappa shape index (κ3) is 2.99. The van der Waals surface area contributed by atoms with Gasteiger partial charge in [-0.3, -0.25) is 0 Å². The molecule has 5 nitrogen and oxygen atoms in total. The van der Waals surface area contributed by atoms with E-state index in [4.69, 9.17) is 11.6 Å². The van der Waals surface area contributed by atoms with Crippen LogP contribution >= 0.6 is 11.6 Å². The SMILES string of the molecule is C[C@H]1CCC[NH+](Cc2nnnn2-c2ccc(Cl)cc2)C1. The molecule has 1 N–H and O–H groups in total. The fourth-order valence-corrected chi connectivity index (χ4v) is 3.01. The van der Waals surface area contributed by atoms with E-state index >= 15 is 0 Å². The molecule has 2 heterocycles. The van der Waals surface area contributed by atoms with Gasteiger partial charge in [0.2, 0.25) is 5.82 Å². The fraction of sp³-hybridized carbons (Fsp3) is 0.500. The molecule has 1 aliphatic heterocycles. The molecule has 1 saturated heterocycles. The third-order valence-electron chi connectivity index (χ3n) is 3.88. The summed E-state index contributed by atoms with van der Waals surface area (Å²) in [5.74, 6) is 1.70. The molecule has 2 atom stereocenters. The molecule has 0 saturated carbocycles. The molecule has 20 heavy (non-hydrogen) atoms. The summed E-state index contributed by atoms with van der Waals surface area (Å²) in [6, 6.07) is 7.60. The van der Waals surface area contributed by atoms with Gasteiger partial charge in [0.25, 0.3) is 0 Å². The highest BCUT2D eigenvalue weighted by Gasteiger charge is 2.22. The van der Waals surface area contributed by atoms with Gasteiger partial charge in [-0.05, 0) is 47.5 Å². The van der Waals surface area contributed by atoms with Crippen molar-refractivity contribution in [3.05, 3.63) is 35.1 Å². The smallest absolute Gasteiger partial charge is 0.210 e. The molecule has 0 aliphatic carbocycles. The standard InChI is InChI=1S/C14H18ClN5/c1-11-3-2-8-19(9-11)10-14-16-17-18-20(14)13-6-4-12(15)5-7-13/h4-7,11H,2-3,8-10H2,1H3/p+1/t11-/m0/s1. The van der Waals surface area contributed by atoms with Gasteiger partial charge in [0, 0.05) is 10.9 Å². The van der Waals surface area contributed by atoms with Crippen molar-refractivity contribution in [1.82, 2.24) is 20.2 Å². The zero-order valence-corrected chi connectivity index (χ0v) is 12.3. The molecule has 2 aromatic rings. The molecule has 0 bridgehead atoms. The normalized spacial score (nSPS) is 22.9. The van der Waals surface area contributed by atoms with Crippen LogP contribution in [0.5, 0.6) is 0 Å². The third-order valence-corrected chi connectivity index (χ3v) is 4.13. The maximum absolute atomic E-state index is 5.92. The van der Waals surface area contributed by atoms with Gasteiger partial charge in [-0.15, -0.1) is 5.10 Å². The molecule has 0 spiro atoms. The number of quaternary nitrogens is 1. The lowest BCUT2D eigenvalue weighted by Gasteiger charge is -2.27. The minimum atomic E-state index is 0.721. The van der Waals surface area contributed by atoms with Crippen LogP contribution in [0.1, 0.15) is 25.6 Å². The van der Waals surface area contributed by atoms with E-state index in [1.807, 2.05) is 28.9 Å². The number of likely N-dealkylation sites (tertiary alicyclic amines) is 1. The predicted molar refractivity (Wildman–Crippen MR) is 77.0 cm³/mol. The average Bonchev–Trinajstić information content (AvgIpc) is 2.88. The molecule has 0 amide bonds. The molecular formula is C14H19ClN5+. The number of nitrogens with zero attached hydrogens (tertiary/aromatic N) is 4. The summed E-state index contributed by atoms with van der Waals surface area (Å²) >= 11 is 5.92. The maximum Gasteiger partial charge on any atom is 0.210 e. The van der Waals surface area contributed by atoms with Gasteiger partial charge in [0.15, 0.2) is 0 Å². The number of aromatic nitrogens is 4. The fourth-order valence-electron chi connectivity index (χ4n) is 2.88. The van der Waals surface area contributed by atoms with E-state index in [0.717, 1.165) is 29.0 Å². The van der Waals surface area contributed by atoms with Crippen molar-refractivity contribution in [3.8, 4) is 5.69 Å². The van der Waals surface area contributed by atoms with Crippen LogP contribution < -0.4 is 4.90 Å². The Morgan fingerprint density at radius 1 is 1.35 bits per heavy atom. The van der Waals surface area contributed by atoms with Crippen LogP contribution in [-0.4, -0.2) is 33.3 Å². The van der Waals surface area contributed by atoms with Crippen molar-refractivity contribution in [2.75, 3.05) is 13.1 Å². The lowest BCUT2D eigenvalue weighted by molar-refractivity contribution is -0.922. The lowest BCUT2D eigenvalue weighted by Crippen LogP contribution is -3.12. The van der Waals surface area contributed by atoms with E-state index in [1.54, 1.807) is 4.90 Å². The summed E-state index contributed by atoms with van der Waals surface area (Å²) in [6.07, 6.45) is 2.63. The maximum atomic E-state index is 5.92. The Kier molecular flexibility index (Phi) is 3.98. The van der Waals surface area contributed by atoms with Gasteiger partial charge in [-0.25, -0.2) is 0 Å². The first kappa shape index (κ1) is 13.5. The summed E-state index contributed by atoms with van der Waals surface area (Å²) in [5, 5.41) is 12.8. The molecular weight excluding hydrogens is 274 g/mol. The van der Waals surface area contributed by atoms with Crippen molar-refractivity contribution >= 4 is 11.6 Å². The molecule has 1 unspecified atom stereocenters. The Morgan fingerprint density at radius 3 is 2.90 bits per heavy atom. The molecule has 3 rings (SSSR count). The first-order valence-corrected chi connectivity index (χ1v) is 7.47. The number of piperidine rings is 1. The summed E-state index contributed by atoms with van der Waals surface area (Å²) in [7, 11) is 0. The second-order valence-corrected chi connectivity index (χ2v) is 6.05. The van der Waals surface area contributed by atoms with E-state index in [2.05, 4.69) is 22.4 Å². The molecule has 6 heteroatoms. The Morgan fingerprint density at radius 2 is 2.15 bits per heavy atom. The highest BCUT2D eigenvalue weighted by atomic mass is 35.5. The minimum absolute atomic E-state index is 0.721. The van der Waals surface area contributed by atoms with Crippen molar-refractivity contribution < 1.29 is 4.90 Å². The largest absolute Gasteiger partial charge is 0.328 e. The van der Waals surface area contributed by atoms with Crippen molar-refractivity contribution in [2.24, 2.45) is 5.92 Å². The number of hydrogen-bond acceptors (Lipinski definition) is 3. The van der Waals surface area contributed by atoms with Gasteiger partial charge in [-0.2, -0.15) is 4.68 Å². The Bertz CT molecular complexity index is 565. The number of nitrogens with one attached hydrogen (secondary N) is 1. The number of benzene rings is 1. The summed E-state index contributed by atoms with van der Waals surface area (Å²) in [6.45, 7) is 5.60.